The number of aryl methyl sites for hydroxylation is 1. The predicted molar refractivity (Wildman–Crippen MR) is 87.0 cm³/mol. The maximum Gasteiger partial charge on any atom is 0.224 e. The molecule has 0 amide bonds. The van der Waals surface area contributed by atoms with Crippen molar-refractivity contribution in [1.82, 2.24) is 9.97 Å². The molecule has 4 nitrogen and oxygen atoms in total. The van der Waals surface area contributed by atoms with Crippen molar-refractivity contribution in [3.63, 3.8) is 0 Å². The summed E-state index contributed by atoms with van der Waals surface area (Å²) in [4.78, 5) is 8.70. The highest BCUT2D eigenvalue weighted by Gasteiger charge is 2.04. The zero-order valence-electron chi connectivity index (χ0n) is 11.8. The molecule has 1 heterocycles. The van der Waals surface area contributed by atoms with Crippen LogP contribution in [0.1, 0.15) is 24.5 Å². The van der Waals surface area contributed by atoms with E-state index in [1.807, 2.05) is 0 Å². The quantitative estimate of drug-likeness (QED) is 0.838. The first-order chi connectivity index (χ1) is 9.69. The van der Waals surface area contributed by atoms with Crippen LogP contribution in [0.4, 0.5) is 11.8 Å². The number of anilines is 2. The monoisotopic (exact) mass is 334 g/mol. The van der Waals surface area contributed by atoms with Crippen molar-refractivity contribution >= 4 is 27.7 Å². The normalized spacial score (nSPS) is 10.3. The Morgan fingerprint density at radius 1 is 1.25 bits per heavy atom. The summed E-state index contributed by atoms with van der Waals surface area (Å²) in [5.41, 5.74) is 2.50. The fourth-order valence-corrected chi connectivity index (χ4v) is 2.15. The van der Waals surface area contributed by atoms with Gasteiger partial charge in [-0.05, 0) is 34.8 Å². The van der Waals surface area contributed by atoms with Crippen LogP contribution in [0, 0.1) is 6.92 Å². The van der Waals surface area contributed by atoms with Gasteiger partial charge in [0.2, 0.25) is 5.95 Å². The van der Waals surface area contributed by atoms with E-state index in [0.29, 0.717) is 5.95 Å². The molecule has 0 fully saturated rings. The zero-order valence-corrected chi connectivity index (χ0v) is 13.4. The molecule has 0 aliphatic carbocycles. The van der Waals surface area contributed by atoms with Gasteiger partial charge in [-0.1, -0.05) is 36.8 Å². The zero-order chi connectivity index (χ0) is 14.4. The summed E-state index contributed by atoms with van der Waals surface area (Å²) >= 11 is 3.47. The second-order valence-corrected chi connectivity index (χ2v) is 5.51. The number of nitrogens with zero attached hydrogens (tertiary/aromatic N) is 2. The van der Waals surface area contributed by atoms with Crippen molar-refractivity contribution in [2.75, 3.05) is 17.2 Å². The lowest BCUT2D eigenvalue weighted by atomic mass is 10.1. The molecule has 0 saturated heterocycles. The van der Waals surface area contributed by atoms with E-state index >= 15 is 0 Å². The van der Waals surface area contributed by atoms with Gasteiger partial charge in [-0.15, -0.1) is 0 Å². The fourth-order valence-electron chi connectivity index (χ4n) is 1.82. The van der Waals surface area contributed by atoms with Crippen LogP contribution >= 0.6 is 15.9 Å². The van der Waals surface area contributed by atoms with Gasteiger partial charge in [-0.25, -0.2) is 4.98 Å². The Hall–Kier alpha value is -1.62. The van der Waals surface area contributed by atoms with Gasteiger partial charge in [0.1, 0.15) is 5.82 Å². The molecule has 0 bridgehead atoms. The van der Waals surface area contributed by atoms with E-state index < -0.39 is 0 Å². The number of hydrogen-bond donors (Lipinski definition) is 2. The van der Waals surface area contributed by atoms with Crippen LogP contribution in [0.2, 0.25) is 0 Å². The van der Waals surface area contributed by atoms with Gasteiger partial charge >= 0.3 is 0 Å². The van der Waals surface area contributed by atoms with Crippen LogP contribution in [0.3, 0.4) is 0 Å². The third-order valence-corrected chi connectivity index (χ3v) is 3.40. The molecule has 2 aromatic rings. The fraction of sp³-hybridized carbons (Fsp3) is 0.333. The third kappa shape index (κ3) is 4.20. The summed E-state index contributed by atoms with van der Waals surface area (Å²) < 4.78 is 0.868. The summed E-state index contributed by atoms with van der Waals surface area (Å²) in [6, 6.07) is 8.43. The minimum atomic E-state index is 0.654. The SMILES string of the molecule is CCCNc1ncc(Br)c(NCc2cccc(C)c2)n1. The minimum absolute atomic E-state index is 0.654. The van der Waals surface area contributed by atoms with E-state index in [1.165, 1.54) is 11.1 Å². The molecule has 0 aliphatic rings. The molecule has 0 radical (unpaired) electrons. The van der Waals surface area contributed by atoms with Crippen LogP contribution in [0.25, 0.3) is 0 Å². The van der Waals surface area contributed by atoms with Crippen molar-refractivity contribution in [1.29, 1.82) is 0 Å². The smallest absolute Gasteiger partial charge is 0.224 e. The van der Waals surface area contributed by atoms with Gasteiger partial charge < -0.3 is 10.6 Å². The van der Waals surface area contributed by atoms with E-state index in [9.17, 15) is 0 Å². The van der Waals surface area contributed by atoms with Crippen molar-refractivity contribution < 1.29 is 0 Å². The molecule has 0 unspecified atom stereocenters. The first-order valence-electron chi connectivity index (χ1n) is 6.75. The Bertz CT molecular complexity index is 572. The van der Waals surface area contributed by atoms with Crippen LogP contribution in [0.15, 0.2) is 34.9 Å². The standard InChI is InChI=1S/C15H19BrN4/c1-3-7-17-15-19-10-13(16)14(20-15)18-9-12-6-4-5-11(2)8-12/h4-6,8,10H,3,7,9H2,1-2H3,(H2,17,18,19,20). The van der Waals surface area contributed by atoms with Gasteiger partial charge in [0.05, 0.1) is 4.47 Å². The van der Waals surface area contributed by atoms with E-state index in [0.717, 1.165) is 29.8 Å². The molecule has 2 N–H and O–H groups in total. The highest BCUT2D eigenvalue weighted by Crippen LogP contribution is 2.21. The lowest BCUT2D eigenvalue weighted by Crippen LogP contribution is -2.08. The van der Waals surface area contributed by atoms with Crippen molar-refractivity contribution in [3.05, 3.63) is 46.1 Å². The molecule has 1 aromatic heterocycles. The van der Waals surface area contributed by atoms with Crippen molar-refractivity contribution in [2.45, 2.75) is 26.8 Å². The number of hydrogen-bond acceptors (Lipinski definition) is 4. The Labute approximate surface area is 128 Å². The molecule has 5 heteroatoms. The van der Waals surface area contributed by atoms with Crippen LogP contribution < -0.4 is 10.6 Å². The molecule has 0 atom stereocenters. The van der Waals surface area contributed by atoms with Gasteiger partial charge in [0, 0.05) is 19.3 Å². The average Bonchev–Trinajstić information content (AvgIpc) is 2.45. The first kappa shape index (κ1) is 14.8. The Kier molecular flexibility index (Phi) is 5.35. The predicted octanol–water partition coefficient (Wildman–Crippen LogP) is 3.98. The Morgan fingerprint density at radius 2 is 2.10 bits per heavy atom. The molecule has 1 aromatic carbocycles. The van der Waals surface area contributed by atoms with E-state index in [1.54, 1.807) is 6.20 Å². The summed E-state index contributed by atoms with van der Waals surface area (Å²) in [6.45, 7) is 5.82. The summed E-state index contributed by atoms with van der Waals surface area (Å²) in [6.07, 6.45) is 2.81. The highest BCUT2D eigenvalue weighted by molar-refractivity contribution is 9.10. The van der Waals surface area contributed by atoms with Gasteiger partial charge in [0.25, 0.3) is 0 Å². The molecule has 0 saturated carbocycles. The van der Waals surface area contributed by atoms with E-state index in [2.05, 4.69) is 74.6 Å². The first-order valence-corrected chi connectivity index (χ1v) is 7.54. The van der Waals surface area contributed by atoms with E-state index in [4.69, 9.17) is 0 Å². The lowest BCUT2D eigenvalue weighted by Gasteiger charge is -2.10. The second-order valence-electron chi connectivity index (χ2n) is 4.66. The van der Waals surface area contributed by atoms with E-state index in [-0.39, 0.29) is 0 Å². The largest absolute Gasteiger partial charge is 0.365 e. The molecule has 0 spiro atoms. The molecule has 0 aliphatic heterocycles. The number of aromatic nitrogens is 2. The maximum absolute atomic E-state index is 4.47. The third-order valence-electron chi connectivity index (χ3n) is 2.82. The molecule has 20 heavy (non-hydrogen) atoms. The highest BCUT2D eigenvalue weighted by atomic mass is 79.9. The number of nitrogens with one attached hydrogen (secondary N) is 2. The lowest BCUT2D eigenvalue weighted by molar-refractivity contribution is 0.948. The molecule has 106 valence electrons. The average molecular weight is 335 g/mol. The number of rotatable bonds is 6. The van der Waals surface area contributed by atoms with Crippen LogP contribution in [-0.4, -0.2) is 16.5 Å². The maximum atomic E-state index is 4.47. The summed E-state index contributed by atoms with van der Waals surface area (Å²) in [5, 5.41) is 6.52. The number of halogens is 1. The van der Waals surface area contributed by atoms with Gasteiger partial charge in [-0.2, -0.15) is 4.98 Å². The Balaban J connectivity index is 2.04. The molecule has 2 rings (SSSR count). The second kappa shape index (κ2) is 7.24. The van der Waals surface area contributed by atoms with Crippen LogP contribution in [-0.2, 0) is 6.54 Å². The summed E-state index contributed by atoms with van der Waals surface area (Å²) in [5.74, 6) is 1.46. The van der Waals surface area contributed by atoms with Crippen LogP contribution in [0.5, 0.6) is 0 Å². The molecular formula is C15H19BrN4. The number of benzene rings is 1. The summed E-state index contributed by atoms with van der Waals surface area (Å²) in [7, 11) is 0. The minimum Gasteiger partial charge on any atom is -0.365 e. The van der Waals surface area contributed by atoms with Crippen molar-refractivity contribution in [2.24, 2.45) is 0 Å². The van der Waals surface area contributed by atoms with Crippen molar-refractivity contribution in [3.8, 4) is 0 Å². The van der Waals surface area contributed by atoms with Gasteiger partial charge in [0.15, 0.2) is 0 Å². The topological polar surface area (TPSA) is 49.8 Å². The molecular weight excluding hydrogens is 316 g/mol. The Morgan fingerprint density at radius 3 is 2.85 bits per heavy atom. The van der Waals surface area contributed by atoms with Gasteiger partial charge in [-0.3, -0.25) is 0 Å².